The number of hydrogen-bond acceptors (Lipinski definition) is 7. The highest BCUT2D eigenvalue weighted by Crippen LogP contribution is 2.23. The van der Waals surface area contributed by atoms with E-state index in [1.54, 1.807) is 12.1 Å². The molecule has 118 valence electrons. The zero-order chi connectivity index (χ0) is 16.0. The van der Waals surface area contributed by atoms with Gasteiger partial charge in [0.2, 0.25) is 5.54 Å². The van der Waals surface area contributed by atoms with E-state index in [0.717, 1.165) is 5.56 Å². The van der Waals surface area contributed by atoms with Crippen LogP contribution in [0.5, 0.6) is 0 Å². The lowest BCUT2D eigenvalue weighted by Crippen LogP contribution is -2.56. The van der Waals surface area contributed by atoms with Crippen LogP contribution in [0, 0.1) is 0 Å². The van der Waals surface area contributed by atoms with Gasteiger partial charge in [-0.05, 0) is 24.9 Å². The van der Waals surface area contributed by atoms with Crippen molar-refractivity contribution in [3.63, 3.8) is 0 Å². The minimum absolute atomic E-state index is 0.0429. The third-order valence-electron chi connectivity index (χ3n) is 3.44. The van der Waals surface area contributed by atoms with Crippen LogP contribution in [0.25, 0.3) is 0 Å². The Balaban J connectivity index is 2.05. The summed E-state index contributed by atoms with van der Waals surface area (Å²) < 4.78 is 9.80. The van der Waals surface area contributed by atoms with E-state index in [9.17, 15) is 14.4 Å². The van der Waals surface area contributed by atoms with Gasteiger partial charge in [0.05, 0.1) is 6.54 Å². The molecular weight excluding hydrogens is 288 g/mol. The van der Waals surface area contributed by atoms with Gasteiger partial charge in [0.15, 0.2) is 0 Å². The highest BCUT2D eigenvalue weighted by Gasteiger charge is 2.51. The molecule has 1 aromatic carbocycles. The number of carbonyl (C=O) groups excluding carboxylic acids is 3. The van der Waals surface area contributed by atoms with E-state index in [1.165, 1.54) is 0 Å². The third-order valence-corrected chi connectivity index (χ3v) is 3.44. The molecule has 1 fully saturated rings. The molecule has 2 rings (SSSR count). The Morgan fingerprint density at radius 1 is 1.18 bits per heavy atom. The topological polar surface area (TPSA) is 108 Å². The summed E-state index contributed by atoms with van der Waals surface area (Å²) in [5, 5.41) is 2.79. The second-order valence-corrected chi connectivity index (χ2v) is 4.96. The van der Waals surface area contributed by atoms with E-state index in [0.29, 0.717) is 13.0 Å². The van der Waals surface area contributed by atoms with Gasteiger partial charge in [-0.2, -0.15) is 0 Å². The quantitative estimate of drug-likeness (QED) is 0.577. The van der Waals surface area contributed by atoms with Crippen LogP contribution in [0.1, 0.15) is 18.4 Å². The van der Waals surface area contributed by atoms with E-state index in [-0.39, 0.29) is 13.0 Å². The first kappa shape index (κ1) is 16.1. The molecule has 7 heteroatoms. The summed E-state index contributed by atoms with van der Waals surface area (Å²) in [4.78, 5) is 35.6. The van der Waals surface area contributed by atoms with Crippen molar-refractivity contribution >= 4 is 17.9 Å². The fraction of sp³-hybridized carbons (Fsp3) is 0.400. The summed E-state index contributed by atoms with van der Waals surface area (Å²) in [6, 6.07) is 9.10. The molecule has 0 saturated carbocycles. The molecule has 1 atom stereocenters. The summed E-state index contributed by atoms with van der Waals surface area (Å²) in [6.07, 6.45) is 0.823. The van der Waals surface area contributed by atoms with E-state index in [2.05, 4.69) is 10.1 Å². The van der Waals surface area contributed by atoms with Gasteiger partial charge in [-0.15, -0.1) is 0 Å². The van der Waals surface area contributed by atoms with Crippen LogP contribution in [0.15, 0.2) is 30.3 Å². The Hall–Kier alpha value is -2.25. The van der Waals surface area contributed by atoms with Gasteiger partial charge in [0, 0.05) is 0 Å². The lowest BCUT2D eigenvalue weighted by atomic mass is 9.98. The molecule has 0 radical (unpaired) electrons. The average molecular weight is 306 g/mol. The lowest BCUT2D eigenvalue weighted by molar-refractivity contribution is -0.171. The molecule has 1 aliphatic heterocycles. The number of esters is 3. The van der Waals surface area contributed by atoms with Crippen molar-refractivity contribution in [2.45, 2.75) is 25.0 Å². The molecule has 0 amide bonds. The molecule has 0 bridgehead atoms. The van der Waals surface area contributed by atoms with Crippen LogP contribution in [-0.4, -0.2) is 36.5 Å². The van der Waals surface area contributed by atoms with Crippen LogP contribution in [-0.2, 0) is 30.5 Å². The Kier molecular flexibility index (Phi) is 5.24. The van der Waals surface area contributed by atoms with E-state index < -0.39 is 30.0 Å². The highest BCUT2D eigenvalue weighted by molar-refractivity contribution is 6.08. The molecule has 3 N–H and O–H groups in total. The Labute approximate surface area is 127 Å². The van der Waals surface area contributed by atoms with Crippen LogP contribution >= 0.6 is 0 Å². The fourth-order valence-corrected chi connectivity index (χ4v) is 2.25. The number of benzene rings is 1. The van der Waals surface area contributed by atoms with Crippen molar-refractivity contribution < 1.29 is 23.9 Å². The summed E-state index contributed by atoms with van der Waals surface area (Å²) in [5.74, 6) is -2.59. The van der Waals surface area contributed by atoms with Crippen molar-refractivity contribution in [3.8, 4) is 0 Å². The van der Waals surface area contributed by atoms with E-state index in [1.807, 2.05) is 18.2 Å². The SMILES string of the molecule is NCC(=O)OC(=O)[C@]1(C(=O)OCc2ccccc2)CCCN1. The molecular formula is C15H18N2O5. The molecule has 0 aliphatic carbocycles. The Morgan fingerprint density at radius 3 is 2.50 bits per heavy atom. The van der Waals surface area contributed by atoms with Crippen molar-refractivity contribution in [2.75, 3.05) is 13.1 Å². The first-order valence-electron chi connectivity index (χ1n) is 7.00. The molecule has 1 aromatic rings. The van der Waals surface area contributed by atoms with Crippen LogP contribution in [0.4, 0.5) is 0 Å². The number of carbonyl (C=O) groups is 3. The van der Waals surface area contributed by atoms with Crippen LogP contribution < -0.4 is 11.1 Å². The number of nitrogens with one attached hydrogen (secondary N) is 1. The number of hydrogen-bond donors (Lipinski definition) is 2. The maximum atomic E-state index is 12.3. The molecule has 0 spiro atoms. The molecule has 0 unspecified atom stereocenters. The van der Waals surface area contributed by atoms with Crippen LogP contribution in [0.2, 0.25) is 0 Å². The molecule has 1 heterocycles. The highest BCUT2D eigenvalue weighted by atomic mass is 16.6. The standard InChI is InChI=1S/C15H18N2O5/c16-9-12(18)22-14(20)15(7-4-8-17-15)13(19)21-10-11-5-2-1-3-6-11/h1-3,5-6,17H,4,7-10,16H2/t15-/m1/s1. The summed E-state index contributed by atoms with van der Waals surface area (Å²) in [6.45, 7) is 0.0778. The van der Waals surface area contributed by atoms with Crippen molar-refractivity contribution in [1.82, 2.24) is 5.32 Å². The van der Waals surface area contributed by atoms with Crippen molar-refractivity contribution in [1.29, 1.82) is 0 Å². The minimum atomic E-state index is -1.63. The van der Waals surface area contributed by atoms with Crippen LogP contribution in [0.3, 0.4) is 0 Å². The van der Waals surface area contributed by atoms with E-state index >= 15 is 0 Å². The summed E-state index contributed by atoms with van der Waals surface area (Å²) in [5.41, 5.74) is 4.29. The summed E-state index contributed by atoms with van der Waals surface area (Å²) in [7, 11) is 0. The normalized spacial score (nSPS) is 20.4. The lowest BCUT2D eigenvalue weighted by Gasteiger charge is -2.24. The second kappa shape index (κ2) is 7.15. The van der Waals surface area contributed by atoms with Crippen molar-refractivity contribution in [3.05, 3.63) is 35.9 Å². The first-order chi connectivity index (χ1) is 10.6. The summed E-state index contributed by atoms with van der Waals surface area (Å²) >= 11 is 0. The Bertz CT molecular complexity index is 552. The molecule has 0 aromatic heterocycles. The first-order valence-corrected chi connectivity index (χ1v) is 7.00. The largest absolute Gasteiger partial charge is 0.459 e. The third kappa shape index (κ3) is 3.49. The maximum Gasteiger partial charge on any atom is 0.345 e. The van der Waals surface area contributed by atoms with Gasteiger partial charge in [-0.25, -0.2) is 9.59 Å². The predicted octanol–water partition coefficient (Wildman–Crippen LogP) is -0.119. The van der Waals surface area contributed by atoms with Gasteiger partial charge in [0.25, 0.3) is 0 Å². The smallest absolute Gasteiger partial charge is 0.345 e. The molecule has 22 heavy (non-hydrogen) atoms. The van der Waals surface area contributed by atoms with Gasteiger partial charge in [-0.3, -0.25) is 10.1 Å². The number of rotatable bonds is 5. The van der Waals surface area contributed by atoms with Gasteiger partial charge < -0.3 is 15.2 Å². The monoisotopic (exact) mass is 306 g/mol. The maximum absolute atomic E-state index is 12.3. The van der Waals surface area contributed by atoms with Gasteiger partial charge >= 0.3 is 17.9 Å². The van der Waals surface area contributed by atoms with E-state index in [4.69, 9.17) is 10.5 Å². The van der Waals surface area contributed by atoms with Crippen molar-refractivity contribution in [2.24, 2.45) is 5.73 Å². The van der Waals surface area contributed by atoms with Gasteiger partial charge in [-0.1, -0.05) is 30.3 Å². The average Bonchev–Trinajstić information content (AvgIpc) is 3.04. The molecule has 1 aliphatic rings. The van der Waals surface area contributed by atoms with Gasteiger partial charge in [0.1, 0.15) is 6.61 Å². The predicted molar refractivity (Wildman–Crippen MR) is 76.4 cm³/mol. The number of nitrogens with two attached hydrogens (primary N) is 1. The molecule has 1 saturated heterocycles. The number of ether oxygens (including phenoxy) is 2. The minimum Gasteiger partial charge on any atom is -0.459 e. The zero-order valence-corrected chi connectivity index (χ0v) is 12.0. The second-order valence-electron chi connectivity index (χ2n) is 4.96. The molecule has 7 nitrogen and oxygen atoms in total. The Morgan fingerprint density at radius 2 is 1.91 bits per heavy atom. The zero-order valence-electron chi connectivity index (χ0n) is 12.0. The fourth-order valence-electron chi connectivity index (χ4n) is 2.25.